The molecule has 6 atom stereocenters. The second-order valence-electron chi connectivity index (χ2n) is 7.87. The highest BCUT2D eigenvalue weighted by Gasteiger charge is 2.52. The molecular weight excluding hydrogens is 464 g/mol. The van der Waals surface area contributed by atoms with E-state index in [-0.39, 0.29) is 6.04 Å². The van der Waals surface area contributed by atoms with E-state index in [1.165, 1.54) is 6.92 Å². The zero-order valence-electron chi connectivity index (χ0n) is 20.1. The van der Waals surface area contributed by atoms with Gasteiger partial charge in [0.15, 0.2) is 24.5 Å². The van der Waals surface area contributed by atoms with Crippen LogP contribution in [0.2, 0.25) is 0 Å². The van der Waals surface area contributed by atoms with Gasteiger partial charge in [0.25, 0.3) is 0 Å². The molecule has 0 aliphatic carbocycles. The van der Waals surface area contributed by atoms with Gasteiger partial charge in [-0.05, 0) is 12.5 Å². The summed E-state index contributed by atoms with van der Waals surface area (Å²) in [6.45, 7) is 5.90. The Morgan fingerprint density at radius 1 is 0.829 bits per heavy atom. The Hall–Kier alpha value is -3.67. The zero-order valence-corrected chi connectivity index (χ0v) is 20.1. The number of nitrogens with one attached hydrogen (secondary N) is 2. The molecule has 2 N–H and O–H groups in total. The first-order valence-electron chi connectivity index (χ1n) is 10.9. The Morgan fingerprint density at radius 3 is 1.91 bits per heavy atom. The zero-order chi connectivity index (χ0) is 26.1. The summed E-state index contributed by atoms with van der Waals surface area (Å²) in [4.78, 5) is 59.6. The van der Waals surface area contributed by atoms with Crippen molar-refractivity contribution in [3.05, 3.63) is 35.9 Å². The lowest BCUT2D eigenvalue weighted by atomic mass is 9.97. The van der Waals surface area contributed by atoms with E-state index in [0.717, 1.165) is 26.3 Å². The maximum Gasteiger partial charge on any atom is 0.317 e. The van der Waals surface area contributed by atoms with E-state index in [2.05, 4.69) is 10.6 Å². The average Bonchev–Trinajstić information content (AvgIpc) is 2.76. The molecule has 35 heavy (non-hydrogen) atoms. The fourth-order valence-corrected chi connectivity index (χ4v) is 3.54. The summed E-state index contributed by atoms with van der Waals surface area (Å²) in [5.41, 5.74) is 0.837. The van der Waals surface area contributed by atoms with Crippen LogP contribution in [0.5, 0.6) is 0 Å². The molecule has 2 rings (SSSR count). The van der Waals surface area contributed by atoms with Gasteiger partial charge in [0.1, 0.15) is 12.7 Å². The average molecular weight is 494 g/mol. The molecule has 1 aliphatic heterocycles. The largest absolute Gasteiger partial charge is 0.463 e. The summed E-state index contributed by atoms with van der Waals surface area (Å²) in [5, 5.41) is 5.28. The van der Waals surface area contributed by atoms with Gasteiger partial charge < -0.3 is 34.3 Å². The van der Waals surface area contributed by atoms with Gasteiger partial charge in [-0.3, -0.25) is 19.2 Å². The van der Waals surface area contributed by atoms with Crippen molar-refractivity contribution in [1.29, 1.82) is 0 Å². The van der Waals surface area contributed by atoms with Gasteiger partial charge in [-0.25, -0.2) is 4.79 Å². The number of carbonyl (C=O) groups excluding carboxylic acids is 5. The number of benzene rings is 1. The fraction of sp³-hybridized carbons (Fsp3) is 0.522. The molecule has 1 fully saturated rings. The van der Waals surface area contributed by atoms with Crippen LogP contribution < -0.4 is 10.6 Å². The molecule has 1 aromatic rings. The maximum absolute atomic E-state index is 12.8. The van der Waals surface area contributed by atoms with Gasteiger partial charge >= 0.3 is 29.9 Å². The minimum Gasteiger partial charge on any atom is -0.463 e. The summed E-state index contributed by atoms with van der Waals surface area (Å²) in [5.74, 6) is -2.91. The Balaban J connectivity index is 2.32. The summed E-state index contributed by atoms with van der Waals surface area (Å²) in [6.07, 6.45) is -6.56. The first-order valence-corrected chi connectivity index (χ1v) is 10.9. The third-order valence-electron chi connectivity index (χ3n) is 4.91. The number of ether oxygens (including phenoxy) is 5. The van der Waals surface area contributed by atoms with Crippen LogP contribution in [0.3, 0.4) is 0 Å². The van der Waals surface area contributed by atoms with Crippen LogP contribution in [0.1, 0.15) is 46.2 Å². The molecular formula is C23H30N2O10. The van der Waals surface area contributed by atoms with Gasteiger partial charge in [0.05, 0.1) is 6.04 Å². The van der Waals surface area contributed by atoms with Crippen molar-refractivity contribution < 1.29 is 47.7 Å². The van der Waals surface area contributed by atoms with Gasteiger partial charge in [-0.2, -0.15) is 0 Å². The normalized spacial score (nSPS) is 24.3. The van der Waals surface area contributed by atoms with Crippen molar-refractivity contribution >= 4 is 29.9 Å². The van der Waals surface area contributed by atoms with Gasteiger partial charge in [0, 0.05) is 27.7 Å². The first kappa shape index (κ1) is 27.6. The minimum absolute atomic E-state index is 0.387. The minimum atomic E-state index is -1.38. The monoisotopic (exact) mass is 494 g/mol. The topological polar surface area (TPSA) is 156 Å². The number of hydrogen-bond acceptors (Lipinski definition) is 10. The number of esters is 4. The van der Waals surface area contributed by atoms with Crippen molar-refractivity contribution in [2.24, 2.45) is 0 Å². The van der Waals surface area contributed by atoms with E-state index < -0.39 is 67.2 Å². The standard InChI is InChI=1S/C23H30N2O10/c1-12(17-9-7-6-8-10-17)24-23(30)25-22-21(34-16(5)29)20(33-15(4)28)19(32-14(3)27)18(35-22)11-31-13(2)26/h6-10,12,18-22H,11H2,1-5H3,(H2,24,25,30)/t12-,18+,19+,20-,21+,22-/m0/s1. The Bertz CT molecular complexity index is 922. The number of hydrogen-bond donors (Lipinski definition) is 2. The van der Waals surface area contributed by atoms with Crippen LogP contribution in [-0.2, 0) is 42.9 Å². The van der Waals surface area contributed by atoms with Crippen LogP contribution in [0.4, 0.5) is 4.79 Å². The third-order valence-corrected chi connectivity index (χ3v) is 4.91. The Kier molecular flexibility index (Phi) is 10.0. The van der Waals surface area contributed by atoms with Gasteiger partial charge in [0.2, 0.25) is 0 Å². The molecule has 1 aromatic carbocycles. The second kappa shape index (κ2) is 12.7. The summed E-state index contributed by atoms with van der Waals surface area (Å²) < 4.78 is 26.8. The van der Waals surface area contributed by atoms with E-state index in [0.29, 0.717) is 0 Å². The molecule has 1 aliphatic rings. The second-order valence-corrected chi connectivity index (χ2v) is 7.87. The van der Waals surface area contributed by atoms with Crippen molar-refractivity contribution in [3.63, 3.8) is 0 Å². The van der Waals surface area contributed by atoms with Gasteiger partial charge in [-0.15, -0.1) is 0 Å². The summed E-state index contributed by atoms with van der Waals surface area (Å²) in [7, 11) is 0. The molecule has 1 saturated heterocycles. The lowest BCUT2D eigenvalue weighted by molar-refractivity contribution is -0.255. The molecule has 1 heterocycles. The van der Waals surface area contributed by atoms with Crippen molar-refractivity contribution in [1.82, 2.24) is 10.6 Å². The molecule has 0 aromatic heterocycles. The molecule has 0 bridgehead atoms. The fourth-order valence-electron chi connectivity index (χ4n) is 3.54. The SMILES string of the molecule is CC(=O)OC[C@H]1O[C@H](NC(=O)N[C@@H](C)c2ccccc2)[C@H](OC(C)=O)[C@@H](OC(C)=O)[C@@H]1OC(C)=O. The first-order chi connectivity index (χ1) is 16.5. The van der Waals surface area contributed by atoms with Crippen molar-refractivity contribution in [2.75, 3.05) is 6.61 Å². The predicted octanol–water partition coefficient (Wildman–Crippen LogP) is 1.13. The Morgan fingerprint density at radius 2 is 1.37 bits per heavy atom. The summed E-state index contributed by atoms with van der Waals surface area (Å²) >= 11 is 0. The van der Waals surface area contributed by atoms with Crippen LogP contribution in [0.15, 0.2) is 30.3 Å². The van der Waals surface area contributed by atoms with E-state index in [1.807, 2.05) is 30.3 Å². The maximum atomic E-state index is 12.8. The summed E-state index contributed by atoms with van der Waals surface area (Å²) in [6, 6.07) is 8.09. The number of carbonyl (C=O) groups is 5. The van der Waals surface area contributed by atoms with Crippen molar-refractivity contribution in [3.8, 4) is 0 Å². The molecule has 12 nitrogen and oxygen atoms in total. The van der Waals surface area contributed by atoms with Crippen LogP contribution in [0, 0.1) is 0 Å². The molecule has 0 spiro atoms. The lowest BCUT2D eigenvalue weighted by Crippen LogP contribution is -2.66. The van der Waals surface area contributed by atoms with Crippen molar-refractivity contribution in [2.45, 2.75) is 71.3 Å². The van der Waals surface area contributed by atoms with Crippen LogP contribution in [-0.4, -0.2) is 67.2 Å². The van der Waals surface area contributed by atoms with E-state index >= 15 is 0 Å². The third kappa shape index (κ3) is 8.56. The van der Waals surface area contributed by atoms with E-state index in [9.17, 15) is 24.0 Å². The van der Waals surface area contributed by atoms with E-state index in [4.69, 9.17) is 23.7 Å². The quantitative estimate of drug-likeness (QED) is 0.397. The van der Waals surface area contributed by atoms with Gasteiger partial charge in [-0.1, -0.05) is 30.3 Å². The highest BCUT2D eigenvalue weighted by Crippen LogP contribution is 2.28. The highest BCUT2D eigenvalue weighted by molar-refractivity contribution is 5.75. The highest BCUT2D eigenvalue weighted by atomic mass is 16.7. The smallest absolute Gasteiger partial charge is 0.317 e. The molecule has 192 valence electrons. The molecule has 0 radical (unpaired) electrons. The molecule has 2 amide bonds. The van der Waals surface area contributed by atoms with Crippen LogP contribution >= 0.6 is 0 Å². The molecule has 0 saturated carbocycles. The number of rotatable bonds is 8. The Labute approximate surface area is 202 Å². The predicted molar refractivity (Wildman–Crippen MR) is 118 cm³/mol. The lowest BCUT2D eigenvalue weighted by Gasteiger charge is -2.44. The molecule has 12 heteroatoms. The number of amides is 2. The molecule has 0 unspecified atom stereocenters. The van der Waals surface area contributed by atoms with Crippen LogP contribution in [0.25, 0.3) is 0 Å². The number of urea groups is 1. The van der Waals surface area contributed by atoms with E-state index in [1.54, 1.807) is 6.92 Å².